The predicted molar refractivity (Wildman–Crippen MR) is 123 cm³/mol. The Labute approximate surface area is 184 Å². The van der Waals surface area contributed by atoms with Crippen LogP contribution in [0.1, 0.15) is 61.5 Å². The first-order chi connectivity index (χ1) is 15.0. The van der Waals surface area contributed by atoms with Gasteiger partial charge in [0.25, 0.3) is 0 Å². The number of hydrogen-bond acceptors (Lipinski definition) is 5. The van der Waals surface area contributed by atoms with Crippen LogP contribution in [-0.4, -0.2) is 31.2 Å². The number of rotatable bonds is 8. The Kier molecular flexibility index (Phi) is 7.16. The van der Waals surface area contributed by atoms with Gasteiger partial charge in [0.05, 0.1) is 18.2 Å². The van der Waals surface area contributed by atoms with Gasteiger partial charge in [-0.2, -0.15) is 0 Å². The molecule has 1 heterocycles. The van der Waals surface area contributed by atoms with Crippen molar-refractivity contribution in [3.8, 4) is 0 Å². The second-order valence-electron chi connectivity index (χ2n) is 7.82. The average Bonchev–Trinajstić information content (AvgIpc) is 3.23. The van der Waals surface area contributed by atoms with E-state index in [2.05, 4.69) is 25.7 Å². The van der Waals surface area contributed by atoms with E-state index in [1.807, 2.05) is 48.7 Å². The van der Waals surface area contributed by atoms with Crippen molar-refractivity contribution in [2.24, 2.45) is 0 Å². The fraction of sp³-hybridized carbons (Fsp3) is 0.385. The van der Waals surface area contributed by atoms with E-state index in [0.29, 0.717) is 11.1 Å². The molecule has 1 aliphatic heterocycles. The lowest BCUT2D eigenvalue weighted by molar-refractivity contribution is -0.153. The summed E-state index contributed by atoms with van der Waals surface area (Å²) >= 11 is 0. The standard InChI is InChI=1S/C26H31NO4/c1-5-26(6-2,7-3)31-25(29)22(19-11-9-8-10-12-19)18-27-16-15-20-17-21(24(28)30-4)13-14-23(20)27/h8-14,17-18H,5-7,15-16H2,1-4H3/b22-18+. The zero-order valence-corrected chi connectivity index (χ0v) is 18.8. The largest absolute Gasteiger partial charge is 0.465 e. The number of carbonyl (C=O) groups is 2. The molecule has 2 aromatic carbocycles. The summed E-state index contributed by atoms with van der Waals surface area (Å²) in [6, 6.07) is 15.2. The molecule has 0 spiro atoms. The first-order valence-corrected chi connectivity index (χ1v) is 10.9. The van der Waals surface area contributed by atoms with E-state index in [9.17, 15) is 9.59 Å². The van der Waals surface area contributed by atoms with Gasteiger partial charge in [0.2, 0.25) is 0 Å². The number of hydrogen-bond donors (Lipinski definition) is 0. The number of fused-ring (bicyclic) bond motifs is 1. The second-order valence-corrected chi connectivity index (χ2v) is 7.82. The summed E-state index contributed by atoms with van der Waals surface area (Å²) < 4.78 is 10.9. The number of carbonyl (C=O) groups excluding carboxylic acids is 2. The van der Waals surface area contributed by atoms with Crippen LogP contribution in [0.2, 0.25) is 0 Å². The SMILES string of the molecule is CCC(CC)(CC)OC(=O)/C(=C/N1CCc2cc(C(=O)OC)ccc21)c1ccccc1. The van der Waals surface area contributed by atoms with Gasteiger partial charge in [-0.3, -0.25) is 0 Å². The molecule has 0 aliphatic carbocycles. The number of anilines is 1. The number of nitrogens with zero attached hydrogens (tertiary/aromatic N) is 1. The molecule has 31 heavy (non-hydrogen) atoms. The fourth-order valence-corrected chi connectivity index (χ4v) is 4.04. The molecule has 5 heteroatoms. The van der Waals surface area contributed by atoms with Crippen molar-refractivity contribution >= 4 is 23.2 Å². The monoisotopic (exact) mass is 421 g/mol. The Morgan fingerprint density at radius 2 is 1.68 bits per heavy atom. The van der Waals surface area contributed by atoms with Crippen LogP contribution < -0.4 is 4.90 Å². The maximum atomic E-state index is 13.3. The zero-order chi connectivity index (χ0) is 22.4. The second kappa shape index (κ2) is 9.82. The number of benzene rings is 2. The maximum Gasteiger partial charge on any atom is 0.340 e. The lowest BCUT2D eigenvalue weighted by atomic mass is 9.93. The van der Waals surface area contributed by atoms with Crippen molar-refractivity contribution in [3.05, 3.63) is 71.4 Å². The van der Waals surface area contributed by atoms with Gasteiger partial charge in [-0.05, 0) is 55.0 Å². The fourth-order valence-electron chi connectivity index (χ4n) is 4.04. The highest BCUT2D eigenvalue weighted by atomic mass is 16.6. The topological polar surface area (TPSA) is 55.8 Å². The van der Waals surface area contributed by atoms with E-state index in [-0.39, 0.29) is 11.9 Å². The third-order valence-electron chi connectivity index (χ3n) is 6.26. The van der Waals surface area contributed by atoms with Gasteiger partial charge in [-0.15, -0.1) is 0 Å². The number of ether oxygens (including phenoxy) is 2. The van der Waals surface area contributed by atoms with Crippen LogP contribution in [0.5, 0.6) is 0 Å². The molecule has 0 unspecified atom stereocenters. The molecular weight excluding hydrogens is 390 g/mol. The third kappa shape index (κ3) is 4.82. The number of methoxy groups -OCH3 is 1. The quantitative estimate of drug-likeness (QED) is 0.423. The summed E-state index contributed by atoms with van der Waals surface area (Å²) in [4.78, 5) is 27.3. The summed E-state index contributed by atoms with van der Waals surface area (Å²) in [5.74, 6) is -0.656. The highest BCUT2D eigenvalue weighted by Gasteiger charge is 2.31. The molecule has 0 N–H and O–H groups in total. The van der Waals surface area contributed by atoms with Gasteiger partial charge in [0.15, 0.2) is 0 Å². The Balaban J connectivity index is 1.97. The van der Waals surface area contributed by atoms with Gasteiger partial charge in [0, 0.05) is 18.4 Å². The molecule has 0 amide bonds. The van der Waals surface area contributed by atoms with Crippen molar-refractivity contribution in [2.45, 2.75) is 52.1 Å². The predicted octanol–water partition coefficient (Wildman–Crippen LogP) is 5.39. The molecule has 0 atom stereocenters. The minimum atomic E-state index is -0.455. The molecule has 0 saturated carbocycles. The molecule has 0 radical (unpaired) electrons. The van der Waals surface area contributed by atoms with Crippen LogP contribution in [0.3, 0.4) is 0 Å². The average molecular weight is 422 g/mol. The van der Waals surface area contributed by atoms with Crippen molar-refractivity contribution in [1.29, 1.82) is 0 Å². The lowest BCUT2D eigenvalue weighted by Crippen LogP contribution is -2.33. The molecule has 0 saturated heterocycles. The van der Waals surface area contributed by atoms with Crippen LogP contribution in [0.25, 0.3) is 5.57 Å². The van der Waals surface area contributed by atoms with E-state index in [0.717, 1.165) is 49.0 Å². The number of esters is 2. The van der Waals surface area contributed by atoms with Crippen LogP contribution in [0.4, 0.5) is 5.69 Å². The van der Waals surface area contributed by atoms with Gasteiger partial charge >= 0.3 is 11.9 Å². The van der Waals surface area contributed by atoms with Crippen LogP contribution in [0, 0.1) is 0 Å². The van der Waals surface area contributed by atoms with Crippen molar-refractivity contribution in [1.82, 2.24) is 0 Å². The van der Waals surface area contributed by atoms with Gasteiger partial charge in [0.1, 0.15) is 5.60 Å². The summed E-state index contributed by atoms with van der Waals surface area (Å²) in [6.45, 7) is 6.90. The first kappa shape index (κ1) is 22.6. The van der Waals surface area contributed by atoms with Crippen molar-refractivity contribution in [2.75, 3.05) is 18.6 Å². The lowest BCUT2D eigenvalue weighted by Gasteiger charge is -2.31. The highest BCUT2D eigenvalue weighted by molar-refractivity contribution is 6.17. The van der Waals surface area contributed by atoms with Crippen molar-refractivity contribution in [3.63, 3.8) is 0 Å². The highest BCUT2D eigenvalue weighted by Crippen LogP contribution is 2.33. The molecule has 0 bridgehead atoms. The van der Waals surface area contributed by atoms with E-state index in [1.165, 1.54) is 7.11 Å². The first-order valence-electron chi connectivity index (χ1n) is 10.9. The molecule has 164 valence electrons. The van der Waals surface area contributed by atoms with Crippen LogP contribution in [-0.2, 0) is 20.7 Å². The summed E-state index contributed by atoms with van der Waals surface area (Å²) in [5, 5.41) is 0. The van der Waals surface area contributed by atoms with Crippen LogP contribution >= 0.6 is 0 Å². The van der Waals surface area contributed by atoms with Gasteiger partial charge < -0.3 is 14.4 Å². The zero-order valence-electron chi connectivity index (χ0n) is 18.8. The van der Waals surface area contributed by atoms with E-state index in [1.54, 1.807) is 6.07 Å². The summed E-state index contributed by atoms with van der Waals surface area (Å²) in [7, 11) is 1.38. The van der Waals surface area contributed by atoms with Crippen molar-refractivity contribution < 1.29 is 19.1 Å². The van der Waals surface area contributed by atoms with Gasteiger partial charge in [-0.1, -0.05) is 51.1 Å². The normalized spacial score (nSPS) is 13.7. The Morgan fingerprint density at radius 3 is 2.29 bits per heavy atom. The molecule has 3 rings (SSSR count). The Morgan fingerprint density at radius 1 is 1.00 bits per heavy atom. The van der Waals surface area contributed by atoms with Gasteiger partial charge in [-0.25, -0.2) is 9.59 Å². The Bertz CT molecular complexity index is 952. The van der Waals surface area contributed by atoms with E-state index in [4.69, 9.17) is 9.47 Å². The molecule has 0 aromatic heterocycles. The minimum absolute atomic E-state index is 0.309. The Hall–Kier alpha value is -3.08. The smallest absolute Gasteiger partial charge is 0.340 e. The minimum Gasteiger partial charge on any atom is -0.465 e. The molecule has 0 fully saturated rings. The van der Waals surface area contributed by atoms with E-state index < -0.39 is 5.60 Å². The summed E-state index contributed by atoms with van der Waals surface area (Å²) in [5.41, 5.74) is 3.48. The van der Waals surface area contributed by atoms with E-state index >= 15 is 0 Å². The van der Waals surface area contributed by atoms with Crippen LogP contribution in [0.15, 0.2) is 54.7 Å². The molecule has 1 aliphatic rings. The molecule has 2 aromatic rings. The summed E-state index contributed by atoms with van der Waals surface area (Å²) in [6.07, 6.45) is 4.99. The molecular formula is C26H31NO4. The third-order valence-corrected chi connectivity index (χ3v) is 6.26. The molecule has 5 nitrogen and oxygen atoms in total. The maximum absolute atomic E-state index is 13.3.